The molecule has 2 rings (SSSR count). The fourth-order valence-corrected chi connectivity index (χ4v) is 3.80. The maximum absolute atomic E-state index is 11.3. The van der Waals surface area contributed by atoms with Crippen molar-refractivity contribution in [1.82, 2.24) is 4.98 Å². The van der Waals surface area contributed by atoms with Gasteiger partial charge in [-0.05, 0) is 26.2 Å². The summed E-state index contributed by atoms with van der Waals surface area (Å²) >= 11 is 1.11. The molecule has 0 aromatic carbocycles. The minimum atomic E-state index is -3.64. The number of hydrogen-bond donors (Lipinski definition) is 2. The predicted molar refractivity (Wildman–Crippen MR) is 68.6 cm³/mol. The van der Waals surface area contributed by atoms with Gasteiger partial charge in [-0.3, -0.25) is 0 Å². The molecule has 1 fully saturated rings. The highest BCUT2D eigenvalue weighted by Gasteiger charge is 2.24. The van der Waals surface area contributed by atoms with Crippen molar-refractivity contribution >= 4 is 26.5 Å². The Morgan fingerprint density at radius 3 is 2.71 bits per heavy atom. The number of primary sulfonamides is 1. The second-order valence-electron chi connectivity index (χ2n) is 4.66. The zero-order chi connectivity index (χ0) is 12.6. The molecule has 5 nitrogen and oxygen atoms in total. The molecule has 1 heterocycles. The van der Waals surface area contributed by atoms with Crippen LogP contribution in [0.25, 0.3) is 0 Å². The van der Waals surface area contributed by atoms with Gasteiger partial charge in [-0.1, -0.05) is 24.2 Å². The van der Waals surface area contributed by atoms with Gasteiger partial charge in [0.25, 0.3) is 0 Å². The van der Waals surface area contributed by atoms with E-state index in [2.05, 4.69) is 17.2 Å². The molecule has 0 spiro atoms. The Morgan fingerprint density at radius 1 is 1.59 bits per heavy atom. The van der Waals surface area contributed by atoms with Crippen LogP contribution in [0.3, 0.4) is 0 Å². The maximum atomic E-state index is 11.3. The van der Waals surface area contributed by atoms with Crippen LogP contribution >= 0.6 is 11.3 Å². The number of rotatable bonds is 5. The van der Waals surface area contributed by atoms with Crippen LogP contribution in [0, 0.1) is 12.8 Å². The normalized spacial score (nSPS) is 18.1. The summed E-state index contributed by atoms with van der Waals surface area (Å²) in [5.41, 5.74) is 0.471. The molecule has 1 atom stereocenters. The second kappa shape index (κ2) is 4.55. The lowest BCUT2D eigenvalue weighted by molar-refractivity contribution is 0.599. The van der Waals surface area contributed by atoms with Crippen LogP contribution in [-0.4, -0.2) is 19.4 Å². The van der Waals surface area contributed by atoms with Crippen molar-refractivity contribution in [2.75, 3.05) is 5.32 Å². The zero-order valence-corrected chi connectivity index (χ0v) is 11.6. The predicted octanol–water partition coefficient (Wildman–Crippen LogP) is 1.70. The van der Waals surface area contributed by atoms with Gasteiger partial charge in [-0.2, -0.15) is 0 Å². The van der Waals surface area contributed by atoms with Crippen LogP contribution in [0.4, 0.5) is 5.13 Å². The van der Waals surface area contributed by atoms with Gasteiger partial charge < -0.3 is 5.32 Å². The van der Waals surface area contributed by atoms with Crippen molar-refractivity contribution in [2.24, 2.45) is 11.1 Å². The highest BCUT2D eigenvalue weighted by molar-refractivity contribution is 7.91. The monoisotopic (exact) mass is 275 g/mol. The molecule has 0 radical (unpaired) electrons. The Kier molecular flexibility index (Phi) is 3.42. The van der Waals surface area contributed by atoms with Crippen molar-refractivity contribution in [3.8, 4) is 0 Å². The average Bonchev–Trinajstić information content (AvgIpc) is 2.88. The van der Waals surface area contributed by atoms with Crippen molar-refractivity contribution < 1.29 is 8.42 Å². The van der Waals surface area contributed by atoms with E-state index in [4.69, 9.17) is 5.14 Å². The van der Waals surface area contributed by atoms with Gasteiger partial charge >= 0.3 is 0 Å². The van der Waals surface area contributed by atoms with Crippen molar-refractivity contribution in [3.63, 3.8) is 0 Å². The van der Waals surface area contributed by atoms with Gasteiger partial charge in [-0.25, -0.2) is 18.5 Å². The lowest BCUT2D eigenvalue weighted by Crippen LogP contribution is -2.15. The minimum Gasteiger partial charge on any atom is -0.359 e. The maximum Gasteiger partial charge on any atom is 0.249 e. The third-order valence-corrected chi connectivity index (χ3v) is 5.41. The van der Waals surface area contributed by atoms with Crippen LogP contribution < -0.4 is 10.5 Å². The summed E-state index contributed by atoms with van der Waals surface area (Å²) in [5, 5.41) is 8.98. The molecular weight excluding hydrogens is 258 g/mol. The van der Waals surface area contributed by atoms with E-state index in [0.717, 1.165) is 23.7 Å². The number of aryl methyl sites for hydroxylation is 1. The molecule has 7 heteroatoms. The van der Waals surface area contributed by atoms with E-state index in [9.17, 15) is 8.42 Å². The number of aromatic nitrogens is 1. The summed E-state index contributed by atoms with van der Waals surface area (Å²) in [4.78, 5) is 4.19. The Balaban J connectivity index is 2.06. The molecular formula is C10H17N3O2S2. The van der Waals surface area contributed by atoms with Gasteiger partial charge in [0.1, 0.15) is 0 Å². The quantitative estimate of drug-likeness (QED) is 0.856. The largest absolute Gasteiger partial charge is 0.359 e. The molecule has 1 aromatic heterocycles. The topological polar surface area (TPSA) is 85.1 Å². The molecule has 1 saturated carbocycles. The van der Waals surface area contributed by atoms with E-state index >= 15 is 0 Å². The van der Waals surface area contributed by atoms with E-state index in [1.165, 1.54) is 12.8 Å². The highest BCUT2D eigenvalue weighted by atomic mass is 32.2. The lowest BCUT2D eigenvalue weighted by atomic mass is 10.2. The van der Waals surface area contributed by atoms with Gasteiger partial charge in [0.2, 0.25) is 10.0 Å². The molecule has 0 bridgehead atoms. The first-order chi connectivity index (χ1) is 7.86. The molecule has 1 unspecified atom stereocenters. The molecule has 1 aliphatic rings. The van der Waals surface area contributed by atoms with Crippen LogP contribution in [-0.2, 0) is 10.0 Å². The Bertz CT molecular complexity index is 506. The van der Waals surface area contributed by atoms with Crippen molar-refractivity contribution in [3.05, 3.63) is 5.69 Å². The summed E-state index contributed by atoms with van der Waals surface area (Å²) in [6.45, 7) is 3.75. The van der Waals surface area contributed by atoms with Gasteiger partial charge in [0.05, 0.1) is 5.69 Å². The highest BCUT2D eigenvalue weighted by Crippen LogP contribution is 2.34. The molecule has 17 heavy (non-hydrogen) atoms. The summed E-state index contributed by atoms with van der Waals surface area (Å²) in [6.07, 6.45) is 3.74. The molecule has 0 aliphatic heterocycles. The summed E-state index contributed by atoms with van der Waals surface area (Å²) < 4.78 is 22.7. The fraction of sp³-hybridized carbons (Fsp3) is 0.700. The number of nitrogens with one attached hydrogen (secondary N) is 1. The van der Waals surface area contributed by atoms with Crippen LogP contribution in [0.2, 0.25) is 0 Å². The Labute approximate surface area is 105 Å². The van der Waals surface area contributed by atoms with Crippen molar-refractivity contribution in [1.29, 1.82) is 0 Å². The second-order valence-corrected chi connectivity index (χ2v) is 7.42. The molecule has 96 valence electrons. The third kappa shape index (κ3) is 3.40. The summed E-state index contributed by atoms with van der Waals surface area (Å²) in [7, 11) is -3.64. The Hall–Kier alpha value is -0.660. The number of sulfonamides is 1. The first-order valence-electron chi connectivity index (χ1n) is 5.63. The number of anilines is 1. The SMILES string of the molecule is Cc1nc(NC(C)CC2CC2)sc1S(N)(=O)=O. The van der Waals surface area contributed by atoms with Gasteiger partial charge in [0, 0.05) is 6.04 Å². The molecule has 0 saturated heterocycles. The van der Waals surface area contributed by atoms with Gasteiger partial charge in [0.15, 0.2) is 9.34 Å². The molecule has 1 aliphatic carbocycles. The van der Waals surface area contributed by atoms with Crippen molar-refractivity contribution in [2.45, 2.75) is 43.4 Å². The van der Waals surface area contributed by atoms with Crippen LogP contribution in [0.15, 0.2) is 4.21 Å². The van der Waals surface area contributed by atoms with E-state index in [1.54, 1.807) is 6.92 Å². The third-order valence-electron chi connectivity index (χ3n) is 2.77. The first kappa shape index (κ1) is 12.8. The van der Waals surface area contributed by atoms with Gasteiger partial charge in [-0.15, -0.1) is 0 Å². The van der Waals surface area contributed by atoms with E-state index in [-0.39, 0.29) is 4.21 Å². The summed E-state index contributed by atoms with van der Waals surface area (Å²) in [6, 6.07) is 0.321. The first-order valence-corrected chi connectivity index (χ1v) is 7.99. The van der Waals surface area contributed by atoms with E-state index < -0.39 is 10.0 Å². The number of nitrogens with zero attached hydrogens (tertiary/aromatic N) is 1. The lowest BCUT2D eigenvalue weighted by Gasteiger charge is -2.11. The standard InChI is InChI=1S/C10H17N3O2S2/c1-6(5-8-3-4-8)12-10-13-7(2)9(16-10)17(11,14)15/h6,8H,3-5H2,1-2H3,(H,12,13)(H2,11,14,15). The van der Waals surface area contributed by atoms with E-state index in [0.29, 0.717) is 16.9 Å². The fourth-order valence-electron chi connectivity index (χ4n) is 1.83. The van der Waals surface area contributed by atoms with E-state index in [1.807, 2.05) is 0 Å². The molecule has 1 aromatic rings. The minimum absolute atomic E-state index is 0.152. The average molecular weight is 275 g/mol. The molecule has 0 amide bonds. The number of nitrogens with two attached hydrogens (primary N) is 1. The Morgan fingerprint density at radius 2 is 2.24 bits per heavy atom. The number of thiazole rings is 1. The van der Waals surface area contributed by atoms with Crippen LogP contribution in [0.1, 0.15) is 31.9 Å². The smallest absolute Gasteiger partial charge is 0.249 e. The molecule has 3 N–H and O–H groups in total. The number of hydrogen-bond acceptors (Lipinski definition) is 5. The van der Waals surface area contributed by atoms with Crippen LogP contribution in [0.5, 0.6) is 0 Å². The zero-order valence-electron chi connectivity index (χ0n) is 9.93. The summed E-state index contributed by atoms with van der Waals surface area (Å²) in [5.74, 6) is 0.830.